The van der Waals surface area contributed by atoms with E-state index in [4.69, 9.17) is 4.74 Å². The Labute approximate surface area is 125 Å². The van der Waals surface area contributed by atoms with Crippen LogP contribution in [0, 0.1) is 0 Å². The Balaban J connectivity index is 2.06. The summed E-state index contributed by atoms with van der Waals surface area (Å²) in [5, 5.41) is 1.34. The standard InChI is InChI=1S/C18H23NO2/c1-18(2,21-12-20)14-8-9-15-16(13-6-4-5-7-13)11-19(3)17(15)10-14/h8-13H,4-7H2,1-3H3. The Bertz CT molecular complexity index is 663. The Morgan fingerprint density at radius 3 is 2.67 bits per heavy atom. The van der Waals surface area contributed by atoms with Gasteiger partial charge in [0.1, 0.15) is 5.60 Å². The molecule has 3 nitrogen and oxygen atoms in total. The van der Waals surface area contributed by atoms with Gasteiger partial charge in [0.05, 0.1) is 0 Å². The maximum atomic E-state index is 10.7. The molecule has 3 heteroatoms. The minimum absolute atomic E-state index is 0.527. The van der Waals surface area contributed by atoms with Crippen molar-refractivity contribution in [2.24, 2.45) is 7.05 Å². The fourth-order valence-corrected chi connectivity index (χ4v) is 3.54. The van der Waals surface area contributed by atoms with Crippen molar-refractivity contribution < 1.29 is 9.53 Å². The van der Waals surface area contributed by atoms with Crippen molar-refractivity contribution in [3.05, 3.63) is 35.5 Å². The third-order valence-corrected chi connectivity index (χ3v) is 4.85. The minimum Gasteiger partial charge on any atom is -0.457 e. The van der Waals surface area contributed by atoms with Crippen molar-refractivity contribution in [1.82, 2.24) is 4.57 Å². The number of fused-ring (bicyclic) bond motifs is 1. The molecule has 21 heavy (non-hydrogen) atoms. The number of nitrogens with zero attached hydrogens (tertiary/aromatic N) is 1. The van der Waals surface area contributed by atoms with E-state index < -0.39 is 5.60 Å². The molecule has 0 radical (unpaired) electrons. The van der Waals surface area contributed by atoms with Gasteiger partial charge in [-0.3, -0.25) is 4.79 Å². The predicted molar refractivity (Wildman–Crippen MR) is 84.3 cm³/mol. The number of ether oxygens (including phenoxy) is 1. The fraction of sp³-hybridized carbons (Fsp3) is 0.500. The summed E-state index contributed by atoms with van der Waals surface area (Å²) >= 11 is 0. The van der Waals surface area contributed by atoms with Gasteiger partial charge < -0.3 is 9.30 Å². The lowest BCUT2D eigenvalue weighted by molar-refractivity contribution is -0.141. The Kier molecular flexibility index (Phi) is 3.52. The van der Waals surface area contributed by atoms with Crippen molar-refractivity contribution in [2.45, 2.75) is 51.0 Å². The van der Waals surface area contributed by atoms with Crippen molar-refractivity contribution in [3.63, 3.8) is 0 Å². The van der Waals surface area contributed by atoms with Gasteiger partial charge in [0.25, 0.3) is 6.47 Å². The number of hydrogen-bond donors (Lipinski definition) is 0. The van der Waals surface area contributed by atoms with Crippen LogP contribution in [0.15, 0.2) is 24.4 Å². The van der Waals surface area contributed by atoms with Gasteiger partial charge in [0, 0.05) is 24.1 Å². The summed E-state index contributed by atoms with van der Waals surface area (Å²) in [6.45, 7) is 4.37. The van der Waals surface area contributed by atoms with Crippen LogP contribution in [0.4, 0.5) is 0 Å². The van der Waals surface area contributed by atoms with E-state index in [1.807, 2.05) is 13.8 Å². The quantitative estimate of drug-likeness (QED) is 0.787. The van der Waals surface area contributed by atoms with Crippen molar-refractivity contribution in [1.29, 1.82) is 0 Å². The molecule has 0 unspecified atom stereocenters. The molecule has 2 aromatic rings. The van der Waals surface area contributed by atoms with Gasteiger partial charge in [0.15, 0.2) is 0 Å². The molecular weight excluding hydrogens is 262 g/mol. The number of aromatic nitrogens is 1. The fourth-order valence-electron chi connectivity index (χ4n) is 3.54. The topological polar surface area (TPSA) is 31.2 Å². The zero-order valence-electron chi connectivity index (χ0n) is 13.1. The van der Waals surface area contributed by atoms with Gasteiger partial charge >= 0.3 is 0 Å². The van der Waals surface area contributed by atoms with Crippen LogP contribution < -0.4 is 0 Å². The molecule has 0 saturated heterocycles. The summed E-state index contributed by atoms with van der Waals surface area (Å²) in [6.07, 6.45) is 7.58. The highest BCUT2D eigenvalue weighted by Gasteiger charge is 2.25. The predicted octanol–water partition coefficient (Wildman–Crippen LogP) is 4.24. The summed E-state index contributed by atoms with van der Waals surface area (Å²) in [6, 6.07) is 6.43. The van der Waals surface area contributed by atoms with Crippen LogP contribution >= 0.6 is 0 Å². The van der Waals surface area contributed by atoms with E-state index in [-0.39, 0.29) is 0 Å². The van der Waals surface area contributed by atoms with E-state index in [1.165, 1.54) is 42.1 Å². The molecule has 1 aromatic carbocycles. The van der Waals surface area contributed by atoms with E-state index in [0.717, 1.165) is 5.56 Å². The van der Waals surface area contributed by atoms with E-state index in [2.05, 4.69) is 36.0 Å². The van der Waals surface area contributed by atoms with Gasteiger partial charge in [-0.1, -0.05) is 25.0 Å². The smallest absolute Gasteiger partial charge is 0.293 e. The SMILES string of the molecule is Cn1cc(C2CCCC2)c2ccc(C(C)(C)OC=O)cc21. The van der Waals surface area contributed by atoms with Crippen LogP contribution in [0.2, 0.25) is 0 Å². The molecule has 0 atom stereocenters. The second-order valence-electron chi connectivity index (χ2n) is 6.63. The molecule has 0 N–H and O–H groups in total. The highest BCUT2D eigenvalue weighted by Crippen LogP contribution is 2.39. The van der Waals surface area contributed by atoms with Crippen LogP contribution in [0.1, 0.15) is 56.6 Å². The number of carbonyl (C=O) groups is 1. The Morgan fingerprint density at radius 1 is 1.29 bits per heavy atom. The molecule has 1 aliphatic carbocycles. The zero-order valence-corrected chi connectivity index (χ0v) is 13.1. The number of carbonyl (C=O) groups excluding carboxylic acids is 1. The van der Waals surface area contributed by atoms with E-state index in [1.54, 1.807) is 0 Å². The van der Waals surface area contributed by atoms with Crippen LogP contribution in [0.3, 0.4) is 0 Å². The molecule has 0 aliphatic heterocycles. The normalized spacial score (nSPS) is 16.5. The maximum absolute atomic E-state index is 10.7. The molecule has 1 fully saturated rings. The lowest BCUT2D eigenvalue weighted by atomic mass is 9.93. The number of hydrogen-bond acceptors (Lipinski definition) is 2. The first-order chi connectivity index (χ1) is 10.0. The number of aryl methyl sites for hydroxylation is 1. The summed E-state index contributed by atoms with van der Waals surface area (Å²) in [5.41, 5.74) is 3.14. The van der Waals surface area contributed by atoms with Crippen molar-refractivity contribution in [3.8, 4) is 0 Å². The minimum atomic E-state index is -0.590. The van der Waals surface area contributed by atoms with Gasteiger partial charge in [-0.15, -0.1) is 0 Å². The summed E-state index contributed by atoms with van der Waals surface area (Å²) in [7, 11) is 2.10. The Morgan fingerprint density at radius 2 is 2.00 bits per heavy atom. The first-order valence-electron chi connectivity index (χ1n) is 7.74. The number of rotatable bonds is 4. The van der Waals surface area contributed by atoms with Gasteiger partial charge in [-0.2, -0.15) is 0 Å². The van der Waals surface area contributed by atoms with Crippen LogP contribution in [0.5, 0.6) is 0 Å². The zero-order chi connectivity index (χ0) is 15.0. The maximum Gasteiger partial charge on any atom is 0.293 e. The third-order valence-electron chi connectivity index (χ3n) is 4.85. The van der Waals surface area contributed by atoms with Crippen LogP contribution in [0.25, 0.3) is 10.9 Å². The van der Waals surface area contributed by atoms with Crippen molar-refractivity contribution >= 4 is 17.4 Å². The highest BCUT2D eigenvalue weighted by atomic mass is 16.5. The average molecular weight is 285 g/mol. The van der Waals surface area contributed by atoms with Gasteiger partial charge in [-0.25, -0.2) is 0 Å². The summed E-state index contributed by atoms with van der Waals surface area (Å²) < 4.78 is 7.42. The first kappa shape index (κ1) is 14.2. The summed E-state index contributed by atoms with van der Waals surface area (Å²) in [5.74, 6) is 0.707. The van der Waals surface area contributed by atoms with Crippen LogP contribution in [-0.4, -0.2) is 11.0 Å². The van der Waals surface area contributed by atoms with Crippen molar-refractivity contribution in [2.75, 3.05) is 0 Å². The van der Waals surface area contributed by atoms with Crippen LogP contribution in [-0.2, 0) is 22.2 Å². The van der Waals surface area contributed by atoms with E-state index in [9.17, 15) is 4.79 Å². The average Bonchev–Trinajstić information content (AvgIpc) is 3.07. The molecule has 0 amide bonds. The second kappa shape index (κ2) is 5.21. The molecule has 0 spiro atoms. The van der Waals surface area contributed by atoms with E-state index in [0.29, 0.717) is 12.4 Å². The molecule has 0 bridgehead atoms. The molecule has 3 rings (SSSR count). The lowest BCUT2D eigenvalue weighted by Crippen LogP contribution is -2.20. The van der Waals surface area contributed by atoms with Gasteiger partial charge in [-0.05, 0) is 49.8 Å². The summed E-state index contributed by atoms with van der Waals surface area (Å²) in [4.78, 5) is 10.7. The second-order valence-corrected chi connectivity index (χ2v) is 6.63. The Hall–Kier alpha value is -1.77. The first-order valence-corrected chi connectivity index (χ1v) is 7.74. The molecule has 112 valence electrons. The van der Waals surface area contributed by atoms with Gasteiger partial charge in [0.2, 0.25) is 0 Å². The largest absolute Gasteiger partial charge is 0.457 e. The molecule has 1 aromatic heterocycles. The molecule has 1 heterocycles. The third kappa shape index (κ3) is 2.45. The molecule has 1 aliphatic rings. The molecular formula is C18H23NO2. The van der Waals surface area contributed by atoms with E-state index >= 15 is 0 Å². The molecule has 1 saturated carbocycles. The lowest BCUT2D eigenvalue weighted by Gasteiger charge is -2.23. The highest BCUT2D eigenvalue weighted by molar-refractivity contribution is 5.85. The number of benzene rings is 1. The monoisotopic (exact) mass is 285 g/mol.